The molecule has 1 heterocycles. The van der Waals surface area contributed by atoms with Crippen molar-refractivity contribution in [3.63, 3.8) is 0 Å². The average molecular weight is 522 g/mol. The van der Waals surface area contributed by atoms with E-state index in [1.54, 1.807) is 0 Å². The lowest BCUT2D eigenvalue weighted by Crippen LogP contribution is -2.54. The molecule has 3 aromatic carbocycles. The maximum Gasteiger partial charge on any atom is 0.254 e. The number of carbonyl (C=O) groups excluding carboxylic acids is 3. The van der Waals surface area contributed by atoms with Crippen LogP contribution in [0.4, 0.5) is 8.78 Å². The van der Waals surface area contributed by atoms with Gasteiger partial charge in [-0.1, -0.05) is 60.7 Å². The Morgan fingerprint density at radius 1 is 0.921 bits per heavy atom. The molecule has 1 aliphatic rings. The van der Waals surface area contributed by atoms with Crippen LogP contribution in [0.1, 0.15) is 48.0 Å². The van der Waals surface area contributed by atoms with E-state index in [1.165, 1.54) is 6.92 Å². The Hall–Kier alpha value is -4.11. The lowest BCUT2D eigenvalue weighted by atomic mass is 9.82. The molecule has 7 nitrogen and oxygen atoms in total. The van der Waals surface area contributed by atoms with Gasteiger partial charge in [0.15, 0.2) is 6.10 Å². The molecule has 3 amide bonds. The van der Waals surface area contributed by atoms with Gasteiger partial charge in [-0.3, -0.25) is 14.4 Å². The summed E-state index contributed by atoms with van der Waals surface area (Å²) < 4.78 is 27.0. The summed E-state index contributed by atoms with van der Waals surface area (Å²) in [5.74, 6) is -4.22. The van der Waals surface area contributed by atoms with Gasteiger partial charge in [-0.15, -0.1) is 0 Å². The monoisotopic (exact) mass is 521 g/mol. The first-order valence-electron chi connectivity index (χ1n) is 12.4. The molecule has 4 N–H and O–H groups in total. The zero-order valence-electron chi connectivity index (χ0n) is 20.7. The highest BCUT2D eigenvalue weighted by Crippen LogP contribution is 2.34. The summed E-state index contributed by atoms with van der Waals surface area (Å²) in [7, 11) is 0. The number of carbonyl (C=O) groups is 3. The Morgan fingerprint density at radius 3 is 2.11 bits per heavy atom. The van der Waals surface area contributed by atoms with Crippen LogP contribution in [0, 0.1) is 11.6 Å². The zero-order valence-corrected chi connectivity index (χ0v) is 20.7. The number of amides is 3. The maximum atomic E-state index is 13.5. The number of benzene rings is 3. The Morgan fingerprint density at radius 2 is 1.50 bits per heavy atom. The van der Waals surface area contributed by atoms with E-state index in [-0.39, 0.29) is 23.3 Å². The zero-order chi connectivity index (χ0) is 27.2. The highest BCUT2D eigenvalue weighted by Gasteiger charge is 2.37. The van der Waals surface area contributed by atoms with Gasteiger partial charge in [0.05, 0.1) is 0 Å². The molecular weight excluding hydrogens is 492 g/mol. The topological polar surface area (TPSA) is 108 Å². The molecule has 1 fully saturated rings. The van der Waals surface area contributed by atoms with Gasteiger partial charge in [0.2, 0.25) is 11.8 Å². The van der Waals surface area contributed by atoms with Crippen LogP contribution in [0.25, 0.3) is 0 Å². The van der Waals surface area contributed by atoms with E-state index in [2.05, 4.69) is 16.0 Å². The first-order chi connectivity index (χ1) is 18.2. The number of hydrogen-bond donors (Lipinski definition) is 4. The third-order valence-electron chi connectivity index (χ3n) is 6.74. The molecule has 0 spiro atoms. The van der Waals surface area contributed by atoms with Crippen molar-refractivity contribution in [3.05, 3.63) is 107 Å². The van der Waals surface area contributed by atoms with E-state index in [4.69, 9.17) is 0 Å². The van der Waals surface area contributed by atoms with Crippen molar-refractivity contribution in [1.82, 2.24) is 16.0 Å². The van der Waals surface area contributed by atoms with Gasteiger partial charge in [0, 0.05) is 24.4 Å². The van der Waals surface area contributed by atoms with Gasteiger partial charge in [-0.05, 0) is 42.2 Å². The molecule has 9 heteroatoms. The molecule has 38 heavy (non-hydrogen) atoms. The van der Waals surface area contributed by atoms with Gasteiger partial charge in [-0.25, -0.2) is 8.78 Å². The largest absolute Gasteiger partial charge is 0.378 e. The van der Waals surface area contributed by atoms with Crippen LogP contribution < -0.4 is 16.0 Å². The Balaban J connectivity index is 1.50. The summed E-state index contributed by atoms with van der Waals surface area (Å²) in [5.41, 5.74) is 1.67. The summed E-state index contributed by atoms with van der Waals surface area (Å²) in [6.07, 6.45) is -1.30. The fraction of sp³-hybridized carbons (Fsp3) is 0.276. The van der Waals surface area contributed by atoms with Gasteiger partial charge in [-0.2, -0.15) is 0 Å². The lowest BCUT2D eigenvalue weighted by molar-refractivity contribution is -0.135. The Bertz CT molecular complexity index is 1270. The van der Waals surface area contributed by atoms with Crippen LogP contribution in [0.15, 0.2) is 78.9 Å². The summed E-state index contributed by atoms with van der Waals surface area (Å²) in [6.45, 7) is 1.80. The van der Waals surface area contributed by atoms with Crippen molar-refractivity contribution < 1.29 is 28.3 Å². The SMILES string of the molecule is C[C@H](NC(=O)[C@H](O)c1cc(F)cc(F)c1)C(=O)N[C@@H]1C(=O)NC[C@H](c2ccccc2)C[C@@H]1c1ccccc1. The second-order valence-corrected chi connectivity index (χ2v) is 9.43. The molecule has 0 aromatic heterocycles. The van der Waals surface area contributed by atoms with Gasteiger partial charge < -0.3 is 21.1 Å². The van der Waals surface area contributed by atoms with Crippen LogP contribution in [0.2, 0.25) is 0 Å². The first kappa shape index (κ1) is 26.9. The number of aliphatic hydroxyl groups is 1. The molecule has 0 saturated carbocycles. The molecule has 0 unspecified atom stereocenters. The molecular formula is C29H29F2N3O4. The molecule has 3 aromatic rings. The van der Waals surface area contributed by atoms with Gasteiger partial charge >= 0.3 is 0 Å². The highest BCUT2D eigenvalue weighted by atomic mass is 19.1. The number of nitrogens with one attached hydrogen (secondary N) is 3. The second kappa shape index (κ2) is 12.0. The van der Waals surface area contributed by atoms with Crippen LogP contribution in [-0.4, -0.2) is 41.5 Å². The van der Waals surface area contributed by atoms with Crippen LogP contribution in [-0.2, 0) is 14.4 Å². The van der Waals surface area contributed by atoms with Crippen molar-refractivity contribution >= 4 is 17.7 Å². The number of aliphatic hydroxyl groups excluding tert-OH is 1. The van der Waals surface area contributed by atoms with Gasteiger partial charge in [0.25, 0.3) is 5.91 Å². The number of rotatable bonds is 7. The Labute approximate surface area is 219 Å². The van der Waals surface area contributed by atoms with Crippen LogP contribution >= 0.6 is 0 Å². The predicted molar refractivity (Wildman–Crippen MR) is 137 cm³/mol. The van der Waals surface area contributed by atoms with Crippen molar-refractivity contribution in [2.24, 2.45) is 0 Å². The molecule has 0 aliphatic carbocycles. The van der Waals surface area contributed by atoms with E-state index in [9.17, 15) is 28.3 Å². The van der Waals surface area contributed by atoms with E-state index >= 15 is 0 Å². The van der Waals surface area contributed by atoms with Gasteiger partial charge in [0.1, 0.15) is 23.7 Å². The van der Waals surface area contributed by atoms with E-state index < -0.39 is 41.6 Å². The third kappa shape index (κ3) is 6.41. The third-order valence-corrected chi connectivity index (χ3v) is 6.74. The quantitative estimate of drug-likeness (QED) is 0.383. The van der Waals surface area contributed by atoms with Crippen molar-refractivity contribution in [3.8, 4) is 0 Å². The smallest absolute Gasteiger partial charge is 0.254 e. The fourth-order valence-electron chi connectivity index (χ4n) is 4.74. The summed E-state index contributed by atoms with van der Waals surface area (Å²) in [5, 5.41) is 18.3. The minimum absolute atomic E-state index is 0.0196. The first-order valence-corrected chi connectivity index (χ1v) is 12.4. The van der Waals surface area contributed by atoms with E-state index in [1.807, 2.05) is 60.7 Å². The minimum atomic E-state index is -1.89. The summed E-state index contributed by atoms with van der Waals surface area (Å²) in [4.78, 5) is 38.8. The standard InChI is InChI=1S/C29H29F2N3O4/c1-17(33-29(38)26(35)20-12-22(30)15-23(31)13-20)27(36)34-25-24(19-10-6-3-7-11-19)14-21(16-32-28(25)37)18-8-4-2-5-9-18/h2-13,15,17,21,24-26,35H,14,16H2,1H3,(H,32,37)(H,33,38)(H,34,36)/t17-,21+,24+,25-,26+/m0/s1. The number of hydrogen-bond acceptors (Lipinski definition) is 4. The Kier molecular flexibility index (Phi) is 8.48. The van der Waals surface area contributed by atoms with Crippen molar-refractivity contribution in [1.29, 1.82) is 0 Å². The minimum Gasteiger partial charge on any atom is -0.378 e. The van der Waals surface area contributed by atoms with E-state index in [0.717, 1.165) is 23.3 Å². The molecule has 198 valence electrons. The molecule has 0 radical (unpaired) electrons. The lowest BCUT2D eigenvalue weighted by Gasteiger charge is -2.28. The van der Waals surface area contributed by atoms with Crippen LogP contribution in [0.3, 0.4) is 0 Å². The van der Waals surface area contributed by atoms with Crippen molar-refractivity contribution in [2.75, 3.05) is 6.54 Å². The van der Waals surface area contributed by atoms with Crippen LogP contribution in [0.5, 0.6) is 0 Å². The van der Waals surface area contributed by atoms with E-state index in [0.29, 0.717) is 19.0 Å². The fourth-order valence-corrected chi connectivity index (χ4v) is 4.74. The maximum absolute atomic E-state index is 13.5. The molecule has 1 saturated heterocycles. The normalized spacial score (nSPS) is 20.9. The molecule has 0 bridgehead atoms. The molecule has 5 atom stereocenters. The molecule has 4 rings (SSSR count). The highest BCUT2D eigenvalue weighted by molar-refractivity contribution is 5.93. The average Bonchev–Trinajstić information content (AvgIpc) is 3.07. The summed E-state index contributed by atoms with van der Waals surface area (Å²) >= 11 is 0. The number of halogens is 2. The second-order valence-electron chi connectivity index (χ2n) is 9.43. The predicted octanol–water partition coefficient (Wildman–Crippen LogP) is 3.08. The molecule has 1 aliphatic heterocycles. The van der Waals surface area contributed by atoms with Crippen molar-refractivity contribution in [2.45, 2.75) is 43.4 Å². The summed E-state index contributed by atoms with van der Waals surface area (Å²) in [6, 6.07) is 19.5.